The maximum Gasteiger partial charge on any atom is 0.307 e. The molecule has 0 N–H and O–H groups in total. The van der Waals surface area contributed by atoms with Crippen LogP contribution in [0.3, 0.4) is 0 Å². The molecular formula is C12H22O2S4. The first-order valence-corrected chi connectivity index (χ1v) is 10.4. The molecule has 0 aliphatic carbocycles. The zero-order valence-corrected chi connectivity index (χ0v) is 14.6. The third kappa shape index (κ3) is 6.35. The largest absolute Gasteiger partial charge is 0.448 e. The minimum Gasteiger partial charge on any atom is -0.448 e. The molecule has 106 valence electrons. The Hall–Kier alpha value is 0.870. The standard InChI is InChI=1S/C12H22O2S4/c1-11(2,17-15)14-10(13)6-4-5-7-12(3)8-9-16-18-12/h15H,4-9H2,1-3H3/t12-/m1/s1. The van der Waals surface area contributed by atoms with Gasteiger partial charge >= 0.3 is 5.97 Å². The van der Waals surface area contributed by atoms with E-state index in [9.17, 15) is 4.79 Å². The highest BCUT2D eigenvalue weighted by Crippen LogP contribution is 2.49. The molecule has 2 nitrogen and oxygen atoms in total. The first-order valence-electron chi connectivity index (χ1n) is 6.22. The maximum absolute atomic E-state index is 11.6. The monoisotopic (exact) mass is 326 g/mol. The molecular weight excluding hydrogens is 304 g/mol. The van der Waals surface area contributed by atoms with Gasteiger partial charge in [-0.15, -0.1) is 11.7 Å². The molecule has 0 amide bonds. The summed E-state index contributed by atoms with van der Waals surface area (Å²) in [4.78, 5) is 11.1. The van der Waals surface area contributed by atoms with Gasteiger partial charge in [-0.2, -0.15) is 0 Å². The lowest BCUT2D eigenvalue weighted by atomic mass is 9.99. The summed E-state index contributed by atoms with van der Waals surface area (Å²) in [5.41, 5.74) is 0. The molecule has 6 heteroatoms. The molecule has 1 aliphatic rings. The molecule has 1 heterocycles. The summed E-state index contributed by atoms with van der Waals surface area (Å²) in [7, 11) is 5.23. The maximum atomic E-state index is 11.6. The average molecular weight is 327 g/mol. The zero-order chi connectivity index (χ0) is 13.6. The van der Waals surface area contributed by atoms with Gasteiger partial charge in [0.1, 0.15) is 0 Å². The molecule has 0 aromatic heterocycles. The van der Waals surface area contributed by atoms with Crippen LogP contribution in [0.2, 0.25) is 0 Å². The van der Waals surface area contributed by atoms with Crippen LogP contribution >= 0.6 is 44.0 Å². The van der Waals surface area contributed by atoms with Gasteiger partial charge in [-0.3, -0.25) is 4.79 Å². The molecule has 1 rings (SSSR count). The number of unbranched alkanes of at least 4 members (excludes halogenated alkanes) is 1. The van der Waals surface area contributed by atoms with Crippen LogP contribution in [0.15, 0.2) is 0 Å². The minimum atomic E-state index is -0.524. The topological polar surface area (TPSA) is 26.3 Å². The van der Waals surface area contributed by atoms with Crippen LogP contribution in [0.25, 0.3) is 0 Å². The van der Waals surface area contributed by atoms with Gasteiger partial charge in [-0.1, -0.05) is 28.0 Å². The Morgan fingerprint density at radius 3 is 2.78 bits per heavy atom. The van der Waals surface area contributed by atoms with Gasteiger partial charge in [0.2, 0.25) is 0 Å². The van der Waals surface area contributed by atoms with Gasteiger partial charge in [-0.25, -0.2) is 0 Å². The second kappa shape index (κ2) is 7.60. The molecule has 1 fully saturated rings. The number of esters is 1. The Balaban J connectivity index is 2.12. The van der Waals surface area contributed by atoms with Crippen LogP contribution in [0.1, 0.15) is 52.9 Å². The summed E-state index contributed by atoms with van der Waals surface area (Å²) in [6, 6.07) is 0. The third-order valence-corrected chi connectivity index (χ3v) is 8.09. The van der Waals surface area contributed by atoms with Crippen LogP contribution in [-0.4, -0.2) is 21.4 Å². The second-order valence-corrected chi connectivity index (χ2v) is 9.99. The van der Waals surface area contributed by atoms with E-state index in [1.165, 1.54) is 29.4 Å². The normalized spacial score (nSPS) is 24.2. The van der Waals surface area contributed by atoms with Gasteiger partial charge in [-0.05, 0) is 50.8 Å². The van der Waals surface area contributed by atoms with E-state index in [-0.39, 0.29) is 5.97 Å². The Morgan fingerprint density at radius 2 is 2.22 bits per heavy atom. The summed E-state index contributed by atoms with van der Waals surface area (Å²) >= 11 is 4.09. The zero-order valence-electron chi connectivity index (χ0n) is 11.2. The van der Waals surface area contributed by atoms with E-state index in [0.717, 1.165) is 12.8 Å². The van der Waals surface area contributed by atoms with Crippen molar-refractivity contribution in [3.8, 4) is 0 Å². The van der Waals surface area contributed by atoms with Gasteiger partial charge in [0.15, 0.2) is 4.93 Å². The fourth-order valence-corrected chi connectivity index (χ4v) is 5.30. The second-order valence-electron chi connectivity index (χ2n) is 5.28. The number of carbonyl (C=O) groups is 1. The van der Waals surface area contributed by atoms with Crippen molar-refractivity contribution in [3.05, 3.63) is 0 Å². The van der Waals surface area contributed by atoms with E-state index >= 15 is 0 Å². The third-order valence-electron chi connectivity index (χ3n) is 2.89. The van der Waals surface area contributed by atoms with Crippen molar-refractivity contribution in [1.29, 1.82) is 0 Å². The van der Waals surface area contributed by atoms with E-state index < -0.39 is 4.93 Å². The number of thiol groups is 1. The van der Waals surface area contributed by atoms with Crippen molar-refractivity contribution in [3.63, 3.8) is 0 Å². The van der Waals surface area contributed by atoms with E-state index in [1.807, 2.05) is 35.4 Å². The van der Waals surface area contributed by atoms with Crippen molar-refractivity contribution in [2.24, 2.45) is 0 Å². The lowest BCUT2D eigenvalue weighted by Gasteiger charge is -2.22. The summed E-state index contributed by atoms with van der Waals surface area (Å²) in [6.07, 6.45) is 5.03. The number of hydrogen-bond acceptors (Lipinski definition) is 6. The number of hydrogen-bond donors (Lipinski definition) is 1. The highest BCUT2D eigenvalue weighted by molar-refractivity contribution is 8.77. The summed E-state index contributed by atoms with van der Waals surface area (Å²) in [5, 5.41) is 0. The van der Waals surface area contributed by atoms with Crippen molar-refractivity contribution >= 4 is 50.0 Å². The number of ether oxygens (including phenoxy) is 1. The Labute approximate surface area is 127 Å². The van der Waals surface area contributed by atoms with Crippen molar-refractivity contribution < 1.29 is 9.53 Å². The summed E-state index contributed by atoms with van der Waals surface area (Å²) in [6.45, 7) is 6.04. The average Bonchev–Trinajstić information content (AvgIpc) is 2.72. The lowest BCUT2D eigenvalue weighted by molar-refractivity contribution is -0.149. The van der Waals surface area contributed by atoms with E-state index in [4.69, 9.17) is 4.74 Å². The number of carbonyl (C=O) groups excluding carboxylic acids is 1. The fourth-order valence-electron chi connectivity index (χ4n) is 1.76. The van der Waals surface area contributed by atoms with E-state index in [0.29, 0.717) is 11.2 Å². The van der Waals surface area contributed by atoms with Crippen molar-refractivity contribution in [2.75, 3.05) is 5.75 Å². The molecule has 0 aromatic rings. The molecule has 0 unspecified atom stereocenters. The fraction of sp³-hybridized carbons (Fsp3) is 0.917. The SMILES string of the molecule is CC(C)(OC(=O)CCCC[C@]1(C)CCSS1)SS. The van der Waals surface area contributed by atoms with Gasteiger partial charge < -0.3 is 4.74 Å². The quantitative estimate of drug-likeness (QED) is 0.235. The Bertz CT molecular complexity index is 275. The van der Waals surface area contributed by atoms with E-state index in [2.05, 4.69) is 18.6 Å². The summed E-state index contributed by atoms with van der Waals surface area (Å²) < 4.78 is 5.75. The van der Waals surface area contributed by atoms with Crippen LogP contribution in [0.4, 0.5) is 0 Å². The molecule has 1 saturated heterocycles. The predicted octanol–water partition coefficient (Wildman–Crippen LogP) is 4.95. The van der Waals surface area contributed by atoms with Gasteiger partial charge in [0.25, 0.3) is 0 Å². The molecule has 0 spiro atoms. The summed E-state index contributed by atoms with van der Waals surface area (Å²) in [5.74, 6) is 1.15. The Kier molecular flexibility index (Phi) is 7.14. The van der Waals surface area contributed by atoms with Crippen LogP contribution in [0.5, 0.6) is 0 Å². The molecule has 0 bridgehead atoms. The molecule has 0 saturated carbocycles. The van der Waals surface area contributed by atoms with E-state index in [1.54, 1.807) is 0 Å². The molecule has 0 aromatic carbocycles. The minimum absolute atomic E-state index is 0.111. The highest BCUT2D eigenvalue weighted by Gasteiger charge is 2.29. The smallest absolute Gasteiger partial charge is 0.307 e. The lowest BCUT2D eigenvalue weighted by Crippen LogP contribution is -2.23. The van der Waals surface area contributed by atoms with Crippen molar-refractivity contribution in [1.82, 2.24) is 0 Å². The molecule has 1 atom stereocenters. The Morgan fingerprint density at radius 1 is 1.50 bits per heavy atom. The molecule has 0 radical (unpaired) electrons. The van der Waals surface area contributed by atoms with Crippen LogP contribution in [-0.2, 0) is 9.53 Å². The van der Waals surface area contributed by atoms with Crippen molar-refractivity contribution in [2.45, 2.75) is 62.6 Å². The van der Waals surface area contributed by atoms with Gasteiger partial charge in [0.05, 0.1) is 0 Å². The predicted molar refractivity (Wildman–Crippen MR) is 88.3 cm³/mol. The molecule has 1 aliphatic heterocycles. The van der Waals surface area contributed by atoms with Crippen LogP contribution in [0, 0.1) is 0 Å². The molecule has 18 heavy (non-hydrogen) atoms. The van der Waals surface area contributed by atoms with Crippen LogP contribution < -0.4 is 0 Å². The highest BCUT2D eigenvalue weighted by atomic mass is 33.1. The first-order chi connectivity index (χ1) is 8.37. The first kappa shape index (κ1) is 16.9. The van der Waals surface area contributed by atoms with Gasteiger partial charge in [0, 0.05) is 16.9 Å². The number of rotatable bonds is 7.